The van der Waals surface area contributed by atoms with Gasteiger partial charge in [-0.05, 0) is 37.2 Å². The van der Waals surface area contributed by atoms with Gasteiger partial charge in [0.1, 0.15) is 10.9 Å². The highest BCUT2D eigenvalue weighted by Gasteiger charge is 2.34. The number of hydrogen-bond acceptors (Lipinski definition) is 5. The van der Waals surface area contributed by atoms with Crippen LogP contribution in [-0.2, 0) is 11.2 Å². The van der Waals surface area contributed by atoms with Crippen molar-refractivity contribution in [1.82, 2.24) is 14.5 Å². The summed E-state index contributed by atoms with van der Waals surface area (Å²) in [6, 6.07) is -0.710. The highest BCUT2D eigenvalue weighted by Crippen LogP contribution is 2.23. The van der Waals surface area contributed by atoms with Crippen molar-refractivity contribution in [2.75, 3.05) is 6.54 Å². The predicted molar refractivity (Wildman–Crippen MR) is 70.2 cm³/mol. The summed E-state index contributed by atoms with van der Waals surface area (Å²) in [6.45, 7) is 2.51. The van der Waals surface area contributed by atoms with E-state index in [1.807, 2.05) is 6.92 Å². The van der Waals surface area contributed by atoms with Crippen molar-refractivity contribution in [3.05, 3.63) is 10.6 Å². The number of aliphatic carboxylic acids is 1. The van der Waals surface area contributed by atoms with Crippen LogP contribution in [0.2, 0.25) is 0 Å². The Bertz CT molecular complexity index is 475. The van der Waals surface area contributed by atoms with E-state index in [-0.39, 0.29) is 5.91 Å². The molecule has 1 atom stereocenters. The Hall–Kier alpha value is -1.50. The van der Waals surface area contributed by atoms with E-state index in [0.29, 0.717) is 30.0 Å². The molecule has 1 amide bonds. The lowest BCUT2D eigenvalue weighted by atomic mass is 10.0. The molecule has 1 unspecified atom stereocenters. The largest absolute Gasteiger partial charge is 0.480 e. The molecule has 1 aromatic heterocycles. The monoisotopic (exact) mass is 283 g/mol. The van der Waals surface area contributed by atoms with Crippen molar-refractivity contribution >= 4 is 23.4 Å². The van der Waals surface area contributed by atoms with E-state index in [2.05, 4.69) is 9.59 Å². The molecule has 0 aliphatic carbocycles. The molecule has 1 aliphatic heterocycles. The minimum absolute atomic E-state index is 0.231. The molecule has 1 aromatic rings. The first kappa shape index (κ1) is 13.9. The number of likely N-dealkylation sites (tertiary alicyclic amines) is 1. The van der Waals surface area contributed by atoms with E-state index < -0.39 is 12.0 Å². The fraction of sp³-hybridized carbons (Fsp3) is 0.667. The van der Waals surface area contributed by atoms with E-state index in [1.165, 1.54) is 4.90 Å². The number of carboxylic acid groups (broad SMARTS) is 1. The van der Waals surface area contributed by atoms with Crippen molar-refractivity contribution in [2.45, 2.75) is 45.1 Å². The van der Waals surface area contributed by atoms with Gasteiger partial charge in [-0.25, -0.2) is 4.79 Å². The second kappa shape index (κ2) is 6.10. The van der Waals surface area contributed by atoms with Gasteiger partial charge in [0.15, 0.2) is 0 Å². The van der Waals surface area contributed by atoms with Gasteiger partial charge in [0, 0.05) is 6.54 Å². The maximum atomic E-state index is 12.5. The quantitative estimate of drug-likeness (QED) is 0.906. The molecule has 0 bridgehead atoms. The van der Waals surface area contributed by atoms with Gasteiger partial charge in [-0.1, -0.05) is 17.8 Å². The molecular formula is C12H17N3O3S. The van der Waals surface area contributed by atoms with E-state index in [9.17, 15) is 14.7 Å². The summed E-state index contributed by atoms with van der Waals surface area (Å²) in [7, 11) is 0. The minimum Gasteiger partial charge on any atom is -0.480 e. The van der Waals surface area contributed by atoms with Gasteiger partial charge in [-0.2, -0.15) is 0 Å². The van der Waals surface area contributed by atoms with Crippen LogP contribution in [0.1, 0.15) is 48.0 Å². The maximum absolute atomic E-state index is 12.5. The lowest BCUT2D eigenvalue weighted by Gasteiger charge is -2.32. The van der Waals surface area contributed by atoms with Crippen LogP contribution >= 0.6 is 11.5 Å². The molecule has 0 spiro atoms. The molecule has 1 aliphatic rings. The van der Waals surface area contributed by atoms with Gasteiger partial charge in [0.05, 0.1) is 5.69 Å². The molecule has 0 aromatic carbocycles. The standard InChI is InChI=1S/C12H17N3O3S/c1-2-5-8-10(19-14-13-8)11(16)15-7-4-3-6-9(15)12(17)18/h9H,2-7H2,1H3,(H,17,18). The predicted octanol–water partition coefficient (Wildman–Crippen LogP) is 1.57. The lowest BCUT2D eigenvalue weighted by molar-refractivity contribution is -0.143. The third-order valence-electron chi connectivity index (χ3n) is 3.29. The molecule has 1 fully saturated rings. The van der Waals surface area contributed by atoms with E-state index in [0.717, 1.165) is 30.8 Å². The summed E-state index contributed by atoms with van der Waals surface area (Å²) in [4.78, 5) is 25.6. The molecule has 19 heavy (non-hydrogen) atoms. The summed E-state index contributed by atoms with van der Waals surface area (Å²) in [5, 5.41) is 13.2. The van der Waals surface area contributed by atoms with Crippen molar-refractivity contribution < 1.29 is 14.7 Å². The number of carboxylic acids is 1. The Morgan fingerprint density at radius 3 is 2.95 bits per heavy atom. The van der Waals surface area contributed by atoms with Crippen molar-refractivity contribution in [3.8, 4) is 0 Å². The number of rotatable bonds is 4. The van der Waals surface area contributed by atoms with Gasteiger partial charge >= 0.3 is 5.97 Å². The number of aryl methyl sites for hydroxylation is 1. The van der Waals surface area contributed by atoms with Crippen LogP contribution in [0.4, 0.5) is 0 Å². The number of carbonyl (C=O) groups excluding carboxylic acids is 1. The smallest absolute Gasteiger partial charge is 0.326 e. The normalized spacial score (nSPS) is 19.4. The third kappa shape index (κ3) is 2.91. The Morgan fingerprint density at radius 1 is 1.47 bits per heavy atom. The number of hydrogen-bond donors (Lipinski definition) is 1. The second-order valence-corrected chi connectivity index (χ2v) is 5.40. The Kier molecular flexibility index (Phi) is 4.47. The van der Waals surface area contributed by atoms with Gasteiger partial charge in [-0.3, -0.25) is 4.79 Å². The first-order valence-corrected chi connectivity index (χ1v) is 7.27. The van der Waals surface area contributed by atoms with E-state index in [1.54, 1.807) is 0 Å². The van der Waals surface area contributed by atoms with Crippen LogP contribution in [0.5, 0.6) is 0 Å². The molecule has 7 heteroatoms. The van der Waals surface area contributed by atoms with Crippen LogP contribution < -0.4 is 0 Å². The molecule has 2 heterocycles. The number of piperidine rings is 1. The topological polar surface area (TPSA) is 83.4 Å². The van der Waals surface area contributed by atoms with Crippen LogP contribution in [0.25, 0.3) is 0 Å². The average molecular weight is 283 g/mol. The summed E-state index contributed by atoms with van der Waals surface area (Å²) in [5.41, 5.74) is 0.687. The van der Waals surface area contributed by atoms with E-state index >= 15 is 0 Å². The van der Waals surface area contributed by atoms with Crippen LogP contribution in [0, 0.1) is 0 Å². The molecule has 0 saturated carbocycles. The van der Waals surface area contributed by atoms with Crippen molar-refractivity contribution in [2.24, 2.45) is 0 Å². The average Bonchev–Trinajstić information content (AvgIpc) is 2.86. The Balaban J connectivity index is 2.21. The first-order chi connectivity index (χ1) is 9.15. The van der Waals surface area contributed by atoms with E-state index in [4.69, 9.17) is 0 Å². The Morgan fingerprint density at radius 2 is 2.26 bits per heavy atom. The molecule has 6 nitrogen and oxygen atoms in total. The second-order valence-electron chi connectivity index (χ2n) is 4.65. The zero-order chi connectivity index (χ0) is 13.8. The number of aromatic nitrogens is 2. The maximum Gasteiger partial charge on any atom is 0.326 e. The molecule has 2 rings (SSSR count). The van der Waals surface area contributed by atoms with Crippen LogP contribution in [-0.4, -0.2) is 44.1 Å². The molecule has 0 radical (unpaired) electrons. The molecule has 1 N–H and O–H groups in total. The number of carbonyl (C=O) groups is 2. The van der Waals surface area contributed by atoms with Gasteiger partial charge in [-0.15, -0.1) is 5.10 Å². The summed E-state index contributed by atoms with van der Waals surface area (Å²) in [6.07, 6.45) is 3.81. The first-order valence-electron chi connectivity index (χ1n) is 6.50. The molecule has 104 valence electrons. The number of amides is 1. The minimum atomic E-state index is -0.928. The number of nitrogens with zero attached hydrogens (tertiary/aromatic N) is 3. The summed E-state index contributed by atoms with van der Waals surface area (Å²) < 4.78 is 3.82. The molecular weight excluding hydrogens is 266 g/mol. The van der Waals surface area contributed by atoms with Gasteiger partial charge in [0.2, 0.25) is 0 Å². The highest BCUT2D eigenvalue weighted by molar-refractivity contribution is 7.08. The zero-order valence-corrected chi connectivity index (χ0v) is 11.7. The highest BCUT2D eigenvalue weighted by atomic mass is 32.1. The fourth-order valence-electron chi connectivity index (χ4n) is 2.33. The third-order valence-corrected chi connectivity index (χ3v) is 4.04. The van der Waals surface area contributed by atoms with Crippen LogP contribution in [0.3, 0.4) is 0 Å². The molecule has 1 saturated heterocycles. The summed E-state index contributed by atoms with van der Waals surface area (Å²) in [5.74, 6) is -1.16. The fourth-order valence-corrected chi connectivity index (χ4v) is 3.00. The van der Waals surface area contributed by atoms with Crippen molar-refractivity contribution in [1.29, 1.82) is 0 Å². The van der Waals surface area contributed by atoms with Gasteiger partial charge < -0.3 is 10.0 Å². The zero-order valence-electron chi connectivity index (χ0n) is 10.8. The SMILES string of the molecule is CCCc1nnsc1C(=O)N1CCCCC1C(=O)O. The van der Waals surface area contributed by atoms with Crippen LogP contribution in [0.15, 0.2) is 0 Å². The summed E-state index contributed by atoms with van der Waals surface area (Å²) >= 11 is 1.06. The van der Waals surface area contributed by atoms with Gasteiger partial charge in [0.25, 0.3) is 5.91 Å². The lowest BCUT2D eigenvalue weighted by Crippen LogP contribution is -2.48. The van der Waals surface area contributed by atoms with Crippen molar-refractivity contribution in [3.63, 3.8) is 0 Å². The Labute approximate surface area is 115 Å².